The van der Waals surface area contributed by atoms with E-state index in [0.717, 1.165) is 0 Å². The normalized spacial score (nSPS) is 52.6. The fourth-order valence-corrected chi connectivity index (χ4v) is 11.4. The molecule has 1 unspecified atom stereocenters. The van der Waals surface area contributed by atoms with Gasteiger partial charge in [-0.2, -0.15) is 0 Å². The van der Waals surface area contributed by atoms with Crippen LogP contribution < -0.4 is 0 Å². The Bertz CT molecular complexity index is 2300. The molecule has 8 rings (SSSR count). The number of aliphatic hydroxyl groups excluding tert-OH is 24. The predicted octanol–water partition coefficient (Wildman–Crippen LogP) is -18.3. The maximum Gasteiger partial charge on any atom is 0.335 e. The van der Waals surface area contributed by atoms with E-state index in [0.29, 0.717) is 0 Å². The third-order valence-corrected chi connectivity index (χ3v) is 16.6. The molecule has 0 saturated carbocycles. The van der Waals surface area contributed by atoms with Gasteiger partial charge in [0.25, 0.3) is 0 Å². The van der Waals surface area contributed by atoms with E-state index < -0.39 is 297 Å². The van der Waals surface area contributed by atoms with Gasteiger partial charge in [0.05, 0.1) is 39.6 Å². The topological polar surface area (TPSA) is 699 Å². The minimum absolute atomic E-state index is 1.03. The van der Waals surface area contributed by atoms with Crippen LogP contribution in [-0.2, 0) is 80.6 Å². The van der Waals surface area contributed by atoms with Crippen LogP contribution in [0.1, 0.15) is 0 Å². The highest BCUT2D eigenvalue weighted by Crippen LogP contribution is 2.40. The molecule has 0 radical (unpaired) electrons. The van der Waals surface area contributed by atoms with Crippen molar-refractivity contribution in [2.75, 3.05) is 39.6 Å². The fourth-order valence-electron chi connectivity index (χ4n) is 11.4. The largest absolute Gasteiger partial charge is 0.479 e. The number of hydrogen-bond donors (Lipinski definition) is 26. The Morgan fingerprint density at radius 2 is 0.462 bits per heavy atom. The second-order valence-corrected chi connectivity index (χ2v) is 22.4. The molecule has 0 aromatic heterocycles. The Morgan fingerprint density at radius 3 is 0.791 bits per heavy atom. The van der Waals surface area contributed by atoms with Crippen LogP contribution in [0.15, 0.2) is 0 Å². The zero-order chi connectivity index (χ0) is 67.1. The van der Waals surface area contributed by atoms with Gasteiger partial charge in [-0.25, -0.2) is 9.59 Å². The Kier molecular flexibility index (Phi) is 25.5. The molecule has 8 heterocycles. The van der Waals surface area contributed by atoms with Crippen molar-refractivity contribution in [3.8, 4) is 0 Å². The van der Waals surface area contributed by atoms with Gasteiger partial charge in [-0.15, -0.1) is 0 Å². The maximum absolute atomic E-state index is 12.1. The summed E-state index contributed by atoms with van der Waals surface area (Å²) in [4.78, 5) is 24.2. The van der Waals surface area contributed by atoms with Crippen molar-refractivity contribution in [1.82, 2.24) is 0 Å². The van der Waals surface area contributed by atoms with Gasteiger partial charge < -0.3 is 204 Å². The van der Waals surface area contributed by atoms with Gasteiger partial charge in [0.1, 0.15) is 183 Å². The summed E-state index contributed by atoms with van der Waals surface area (Å²) in [6.45, 7) is -6.98. The van der Waals surface area contributed by atoms with Crippen LogP contribution in [0.4, 0.5) is 0 Å². The summed E-state index contributed by atoms with van der Waals surface area (Å²) in [6.07, 6.45) is -90.8. The molecule has 0 bridgehead atoms. The number of carboxylic acid groups (broad SMARTS) is 2. The predicted molar refractivity (Wildman–Crippen MR) is 266 cm³/mol. The van der Waals surface area contributed by atoms with Crippen LogP contribution in [0, 0.1) is 0 Å². The van der Waals surface area contributed by atoms with E-state index in [9.17, 15) is 142 Å². The Balaban J connectivity index is 1.11. The first-order chi connectivity index (χ1) is 43.0. The first kappa shape index (κ1) is 74.2. The van der Waals surface area contributed by atoms with Gasteiger partial charge in [0.2, 0.25) is 0 Å². The van der Waals surface area contributed by atoms with E-state index in [-0.39, 0.29) is 0 Å². The number of carboxylic acids is 2. The summed E-state index contributed by atoms with van der Waals surface area (Å²) >= 11 is 0. The second kappa shape index (κ2) is 31.3. The van der Waals surface area contributed by atoms with Crippen LogP contribution in [-0.4, -0.2) is 430 Å². The average molecular weight is 1340 g/mol. The van der Waals surface area contributed by atoms with E-state index in [1.165, 1.54) is 0 Å². The molecule has 8 aliphatic heterocycles. The lowest BCUT2D eigenvalue weighted by Gasteiger charge is -2.51. The molecule has 0 spiro atoms. The lowest BCUT2D eigenvalue weighted by atomic mass is 9.94. The van der Waals surface area contributed by atoms with Crippen molar-refractivity contribution in [2.45, 2.75) is 246 Å². The van der Waals surface area contributed by atoms with Gasteiger partial charge in [-0.3, -0.25) is 0 Å². The van der Waals surface area contributed by atoms with Crippen molar-refractivity contribution in [3.05, 3.63) is 0 Å². The molecule has 8 aliphatic rings. The minimum Gasteiger partial charge on any atom is -0.479 e. The average Bonchev–Trinajstić information content (AvgIpc) is 1.45. The number of ether oxygens (including phenoxy) is 15. The number of hydrogen-bond acceptors (Lipinski definition) is 41. The lowest BCUT2D eigenvalue weighted by Crippen LogP contribution is -2.70. The first-order valence-electron chi connectivity index (χ1n) is 28.2. The van der Waals surface area contributed by atoms with Crippen molar-refractivity contribution in [1.29, 1.82) is 0 Å². The van der Waals surface area contributed by atoms with E-state index in [2.05, 4.69) is 0 Å². The highest BCUT2D eigenvalue weighted by atomic mass is 16.8. The van der Waals surface area contributed by atoms with E-state index in [1.54, 1.807) is 0 Å². The Morgan fingerprint density at radius 1 is 0.231 bits per heavy atom. The zero-order valence-electron chi connectivity index (χ0n) is 46.9. The second-order valence-electron chi connectivity index (χ2n) is 22.4. The van der Waals surface area contributed by atoms with Crippen LogP contribution in [0.5, 0.6) is 0 Å². The molecule has 0 aromatic rings. The monoisotopic (exact) mass is 1340 g/mol. The smallest absolute Gasteiger partial charge is 0.335 e. The van der Waals surface area contributed by atoms with Crippen LogP contribution in [0.3, 0.4) is 0 Å². The van der Waals surface area contributed by atoms with Crippen molar-refractivity contribution < 1.29 is 213 Å². The van der Waals surface area contributed by atoms with E-state index in [4.69, 9.17) is 71.1 Å². The van der Waals surface area contributed by atoms with E-state index in [1.807, 2.05) is 0 Å². The molecule has 40 atom stereocenters. The van der Waals surface area contributed by atoms with Gasteiger partial charge in [0, 0.05) is 0 Å². The molecule has 43 heteroatoms. The molecule has 8 saturated heterocycles. The summed E-state index contributed by atoms with van der Waals surface area (Å²) in [5.74, 6) is -3.88. The molecule has 528 valence electrons. The van der Waals surface area contributed by atoms with Gasteiger partial charge in [-0.1, -0.05) is 0 Å². The standard InChI is InChI=1S/C48H78O43/c49-1-7-13(55)19(61)24(66)42(78-7)86-33-17(59)11(5-53)82-48(37(33)90-43-25(67)20(62)22(64)35(88-43)39(72)73)85-32-16(58)10(4-52)79-45(29(32)71)83-31-15(57)9(3-51)80-46(28(31)70)87-34-18(60)12(6-54)81-47(84-30-14(56)8(2-50)77-41(76)27(30)69)38(34)91-44-26(68)21(63)23(65)36(89-44)40(74)75/h7-38,41-71,76H,1-6H2,(H,72,73)(H,74,75)/t7-,8-,9-,10-,11-,12-,13+,14+,15+,16+,17-,18-,19+,20+,21+,22+,23+,24-,25-,26-,27-,28-,29-,30+,31+,32+,33+,34+,35+,36+,37+,38+,41?,42-,43+,44+,45-,46-,47-,48-/m1/s1. The van der Waals surface area contributed by atoms with Crippen molar-refractivity contribution >= 4 is 11.9 Å². The number of aliphatic carboxylic acids is 2. The molecule has 0 aliphatic carbocycles. The molecule has 0 aromatic carbocycles. The molecule has 8 fully saturated rings. The number of aliphatic hydroxyl groups is 24. The maximum atomic E-state index is 12.1. The molecule has 43 nitrogen and oxygen atoms in total. The quantitative estimate of drug-likeness (QED) is 0.0479. The first-order valence-corrected chi connectivity index (χ1v) is 28.2. The Hall–Kier alpha value is -2.62. The zero-order valence-corrected chi connectivity index (χ0v) is 46.9. The lowest BCUT2D eigenvalue weighted by molar-refractivity contribution is -0.414. The van der Waals surface area contributed by atoms with Gasteiger partial charge >= 0.3 is 11.9 Å². The summed E-state index contributed by atoms with van der Waals surface area (Å²) in [7, 11) is 0. The highest BCUT2D eigenvalue weighted by molar-refractivity contribution is 5.73. The van der Waals surface area contributed by atoms with Crippen LogP contribution in [0.25, 0.3) is 0 Å². The number of carbonyl (C=O) groups is 2. The Labute approximate surface area is 510 Å². The highest BCUT2D eigenvalue weighted by Gasteiger charge is 2.61. The third-order valence-electron chi connectivity index (χ3n) is 16.6. The van der Waals surface area contributed by atoms with Gasteiger partial charge in [-0.05, 0) is 0 Å². The molecular weight excluding hydrogens is 1260 g/mol. The van der Waals surface area contributed by atoms with E-state index >= 15 is 0 Å². The van der Waals surface area contributed by atoms with Gasteiger partial charge in [0.15, 0.2) is 62.5 Å². The molecular formula is C48H78O43. The summed E-state index contributed by atoms with van der Waals surface area (Å²) in [5.41, 5.74) is 0. The fraction of sp³-hybridized carbons (Fsp3) is 0.958. The summed E-state index contributed by atoms with van der Waals surface area (Å²) in [6, 6.07) is 0. The molecule has 26 N–H and O–H groups in total. The van der Waals surface area contributed by atoms with Crippen LogP contribution >= 0.6 is 0 Å². The molecule has 91 heavy (non-hydrogen) atoms. The van der Waals surface area contributed by atoms with Crippen molar-refractivity contribution in [2.24, 2.45) is 0 Å². The van der Waals surface area contributed by atoms with Crippen LogP contribution in [0.2, 0.25) is 0 Å². The minimum atomic E-state index is -2.56. The van der Waals surface area contributed by atoms with Crippen molar-refractivity contribution in [3.63, 3.8) is 0 Å². The molecule has 0 amide bonds. The SMILES string of the molecule is O=C(O)[C@H]1O[C@@H](O[C@@H]2[C@@H](O[C@H]3[C@@H](O)[C@@H](CO)O[C@H](O[C@H]4[C@@H](O)[C@@H](CO)O[C@H](O[C@H]5[C@H](O)[C@@H](CO)O[C@H](O[C@H]6[C@@H](O)[C@@H](CO)OC(O)[C@@H]6O)[C@H]5O[C@@H]5O[C@H](C(=O)O)[C@@H](O)[C@H](O)[C@H]5O)[C@@H]4O)[C@@H]3O)O[C@H](CO)[C@@H](O)[C@@H]2O[C@H]2O[C@H](CO)[C@H](O)[C@H](O)[C@H]2O)[C@H](O)[C@@H](O)[C@@H]1O. The summed E-state index contributed by atoms with van der Waals surface area (Å²) < 4.78 is 84.8. The summed E-state index contributed by atoms with van der Waals surface area (Å²) in [5, 5.41) is 281. The number of rotatable bonds is 22. The third kappa shape index (κ3) is 15.1.